The number of pyridine rings is 1. The van der Waals surface area contributed by atoms with Crippen LogP contribution in [0.25, 0.3) is 5.65 Å². The first kappa shape index (κ1) is 14.1. The van der Waals surface area contributed by atoms with Gasteiger partial charge in [-0.25, -0.2) is 9.78 Å². The van der Waals surface area contributed by atoms with Gasteiger partial charge in [0.2, 0.25) is 0 Å². The zero-order valence-corrected chi connectivity index (χ0v) is 12.6. The number of hydrogen-bond acceptors (Lipinski definition) is 5. The maximum atomic E-state index is 12.3. The van der Waals surface area contributed by atoms with E-state index in [-0.39, 0.29) is 16.7 Å². The van der Waals surface area contributed by atoms with Gasteiger partial charge < -0.3 is 9.24 Å². The monoisotopic (exact) mass is 321 g/mol. The van der Waals surface area contributed by atoms with E-state index in [1.54, 1.807) is 35.0 Å². The summed E-state index contributed by atoms with van der Waals surface area (Å²) in [6, 6.07) is 9.40. The van der Waals surface area contributed by atoms with Crippen molar-refractivity contribution in [3.8, 4) is 0 Å². The lowest BCUT2D eigenvalue weighted by Gasteiger charge is -2.12. The molecular formula is C17H11N3O4. The largest absolute Gasteiger partial charge is 0.364 e. The third kappa shape index (κ3) is 1.98. The quantitative estimate of drug-likeness (QED) is 0.674. The van der Waals surface area contributed by atoms with E-state index in [4.69, 9.17) is 4.84 Å². The number of imide groups is 1. The fourth-order valence-electron chi connectivity index (χ4n) is 2.62. The van der Waals surface area contributed by atoms with Gasteiger partial charge in [0, 0.05) is 18.1 Å². The van der Waals surface area contributed by atoms with Crippen LogP contribution in [0.5, 0.6) is 0 Å². The first-order valence-electron chi connectivity index (χ1n) is 7.20. The maximum absolute atomic E-state index is 12.3. The van der Waals surface area contributed by atoms with Crippen LogP contribution < -0.4 is 0 Å². The molecule has 0 spiro atoms. The number of hydroxylamine groups is 2. The van der Waals surface area contributed by atoms with Crippen LogP contribution in [-0.2, 0) is 4.84 Å². The summed E-state index contributed by atoms with van der Waals surface area (Å²) in [5.74, 6) is -2.10. The summed E-state index contributed by atoms with van der Waals surface area (Å²) < 4.78 is 1.80. The predicted molar refractivity (Wildman–Crippen MR) is 82.3 cm³/mol. The van der Waals surface area contributed by atoms with Gasteiger partial charge in [-0.15, -0.1) is 0 Å². The first-order chi connectivity index (χ1) is 11.6. The van der Waals surface area contributed by atoms with Gasteiger partial charge in [0.05, 0.1) is 16.7 Å². The maximum Gasteiger partial charge on any atom is 0.364 e. The third-order valence-electron chi connectivity index (χ3n) is 3.86. The Labute approximate surface area is 136 Å². The van der Waals surface area contributed by atoms with Crippen molar-refractivity contribution in [2.45, 2.75) is 6.92 Å². The molecule has 0 unspecified atom stereocenters. The minimum absolute atomic E-state index is 0.199. The molecule has 1 aliphatic heterocycles. The molecular weight excluding hydrogens is 310 g/mol. The van der Waals surface area contributed by atoms with Gasteiger partial charge >= 0.3 is 5.97 Å². The smallest absolute Gasteiger partial charge is 0.324 e. The van der Waals surface area contributed by atoms with Crippen molar-refractivity contribution in [3.63, 3.8) is 0 Å². The van der Waals surface area contributed by atoms with Crippen molar-refractivity contribution < 1.29 is 19.2 Å². The van der Waals surface area contributed by atoms with Crippen LogP contribution in [0.1, 0.15) is 36.8 Å². The highest BCUT2D eigenvalue weighted by Crippen LogP contribution is 2.23. The molecule has 3 aromatic rings. The van der Waals surface area contributed by atoms with Crippen LogP contribution in [0.3, 0.4) is 0 Å². The summed E-state index contributed by atoms with van der Waals surface area (Å²) >= 11 is 0. The highest BCUT2D eigenvalue weighted by molar-refractivity contribution is 6.21. The molecule has 7 nitrogen and oxygen atoms in total. The minimum atomic E-state index is -0.798. The molecule has 0 bridgehead atoms. The third-order valence-corrected chi connectivity index (χ3v) is 3.86. The summed E-state index contributed by atoms with van der Waals surface area (Å²) in [5.41, 5.74) is 2.13. The van der Waals surface area contributed by atoms with Crippen LogP contribution in [0, 0.1) is 6.92 Å². The number of imidazole rings is 1. The number of fused-ring (bicyclic) bond motifs is 2. The summed E-state index contributed by atoms with van der Waals surface area (Å²) in [5, 5.41) is 0.494. The summed E-state index contributed by atoms with van der Waals surface area (Å²) in [7, 11) is 0. The van der Waals surface area contributed by atoms with Gasteiger partial charge in [0.1, 0.15) is 5.65 Å². The number of carbonyl (C=O) groups excluding carboxylic acids is 3. The number of aryl methyl sites for hydroxylation is 1. The Morgan fingerprint density at radius 3 is 2.42 bits per heavy atom. The molecule has 0 fully saturated rings. The molecule has 0 aliphatic carbocycles. The summed E-state index contributed by atoms with van der Waals surface area (Å²) in [6.07, 6.45) is 3.35. The van der Waals surface area contributed by atoms with Crippen molar-refractivity contribution in [3.05, 3.63) is 71.2 Å². The molecule has 0 N–H and O–H groups in total. The van der Waals surface area contributed by atoms with E-state index < -0.39 is 17.8 Å². The second kappa shape index (κ2) is 5.02. The Balaban J connectivity index is 1.62. The Bertz CT molecular complexity index is 987. The van der Waals surface area contributed by atoms with Crippen LogP contribution in [-0.4, -0.2) is 32.2 Å². The van der Waals surface area contributed by atoms with Crippen molar-refractivity contribution in [2.24, 2.45) is 0 Å². The number of amides is 2. The zero-order valence-electron chi connectivity index (χ0n) is 12.6. The Kier molecular flexibility index (Phi) is 2.96. The van der Waals surface area contributed by atoms with Crippen LogP contribution in [0.15, 0.2) is 48.8 Å². The molecule has 0 saturated carbocycles. The Morgan fingerprint density at radius 1 is 1.08 bits per heavy atom. The zero-order chi connectivity index (χ0) is 16.8. The van der Waals surface area contributed by atoms with Crippen molar-refractivity contribution in [1.29, 1.82) is 0 Å². The molecule has 0 saturated heterocycles. The van der Waals surface area contributed by atoms with Gasteiger partial charge in [-0.1, -0.05) is 17.2 Å². The van der Waals surface area contributed by atoms with Crippen LogP contribution in [0.4, 0.5) is 0 Å². The fourth-order valence-corrected chi connectivity index (χ4v) is 2.62. The average molecular weight is 321 g/mol. The number of rotatable bonds is 2. The van der Waals surface area contributed by atoms with Gasteiger partial charge in [-0.2, -0.15) is 0 Å². The second-order valence-corrected chi connectivity index (χ2v) is 5.37. The van der Waals surface area contributed by atoms with Crippen LogP contribution >= 0.6 is 0 Å². The van der Waals surface area contributed by atoms with E-state index in [0.29, 0.717) is 10.7 Å². The fraction of sp³-hybridized carbons (Fsp3) is 0.0588. The lowest BCUT2D eigenvalue weighted by molar-refractivity contribution is -0.0584. The van der Waals surface area contributed by atoms with E-state index >= 15 is 0 Å². The molecule has 1 aromatic carbocycles. The van der Waals surface area contributed by atoms with Crippen LogP contribution in [0.2, 0.25) is 0 Å². The normalized spacial score (nSPS) is 13.5. The van der Waals surface area contributed by atoms with Gasteiger partial charge in [-0.3, -0.25) is 9.59 Å². The van der Waals surface area contributed by atoms with E-state index in [1.807, 2.05) is 6.92 Å². The molecule has 3 heterocycles. The molecule has 7 heteroatoms. The van der Waals surface area contributed by atoms with Crippen molar-refractivity contribution in [2.75, 3.05) is 0 Å². The molecule has 0 radical (unpaired) electrons. The topological polar surface area (TPSA) is 81.0 Å². The number of aromatic nitrogens is 2. The number of nitrogens with zero attached hydrogens (tertiary/aromatic N) is 3. The Morgan fingerprint density at radius 2 is 1.75 bits per heavy atom. The van der Waals surface area contributed by atoms with E-state index in [1.165, 1.54) is 18.2 Å². The molecule has 1 aliphatic rings. The summed E-state index contributed by atoms with van der Waals surface area (Å²) in [4.78, 5) is 45.9. The molecule has 2 aromatic heterocycles. The van der Waals surface area contributed by atoms with E-state index in [2.05, 4.69) is 4.98 Å². The number of hydrogen-bond donors (Lipinski definition) is 0. The van der Waals surface area contributed by atoms with E-state index in [0.717, 1.165) is 5.69 Å². The Hall–Kier alpha value is -3.48. The summed E-state index contributed by atoms with van der Waals surface area (Å²) in [6.45, 7) is 1.89. The average Bonchev–Trinajstić information content (AvgIpc) is 3.08. The first-order valence-corrected chi connectivity index (χ1v) is 7.20. The number of carbonyl (C=O) groups is 3. The minimum Gasteiger partial charge on any atom is -0.324 e. The molecule has 118 valence electrons. The molecule has 2 amide bonds. The van der Waals surface area contributed by atoms with Crippen molar-refractivity contribution >= 4 is 23.4 Å². The highest BCUT2D eigenvalue weighted by atomic mass is 16.7. The van der Waals surface area contributed by atoms with Gasteiger partial charge in [-0.05, 0) is 31.2 Å². The molecule has 24 heavy (non-hydrogen) atoms. The van der Waals surface area contributed by atoms with Gasteiger partial charge in [0.15, 0.2) is 0 Å². The lowest BCUT2D eigenvalue weighted by atomic mass is 10.1. The van der Waals surface area contributed by atoms with Crippen molar-refractivity contribution in [1.82, 2.24) is 14.4 Å². The highest BCUT2D eigenvalue weighted by Gasteiger charge is 2.38. The van der Waals surface area contributed by atoms with Gasteiger partial charge in [0.25, 0.3) is 11.8 Å². The lowest BCUT2D eigenvalue weighted by Crippen LogP contribution is -2.32. The predicted octanol–water partition coefficient (Wildman–Crippen LogP) is 2.01. The van der Waals surface area contributed by atoms with E-state index in [9.17, 15) is 14.4 Å². The number of benzene rings is 1. The molecule has 4 rings (SSSR count). The second-order valence-electron chi connectivity index (χ2n) is 5.37. The SMILES string of the molecule is Cc1cnc2cc(C(=O)ON3C(=O)c4ccccc4C3=O)ccn12. The standard InChI is InChI=1S/C17H11N3O4/c1-10-9-18-14-8-11(6-7-19(10)14)17(23)24-20-15(21)12-4-2-3-5-13(12)16(20)22/h2-9H,1H3. The molecule has 0 atom stereocenters.